The first-order chi connectivity index (χ1) is 24.6. The molecule has 0 bridgehead atoms. The molecule has 3 saturated heterocycles. The maximum absolute atomic E-state index is 14.1. The number of nitrogens with zero attached hydrogens (tertiary/aromatic N) is 1. The molecule has 3 aliphatic heterocycles. The van der Waals surface area contributed by atoms with Crippen LogP contribution in [-0.2, 0) is 38.0 Å². The molecule has 0 spiro atoms. The molecule has 18 atom stereocenters. The molecule has 3 heterocycles. The van der Waals surface area contributed by atoms with Gasteiger partial charge in [-0.2, -0.15) is 0 Å². The minimum absolute atomic E-state index is 0.0366. The molecule has 3 aliphatic rings. The van der Waals surface area contributed by atoms with Crippen LogP contribution in [0.3, 0.4) is 0 Å². The second-order valence-corrected chi connectivity index (χ2v) is 16.1. The topological polar surface area (TPSA) is 194 Å². The number of aliphatic hydroxyl groups is 5. The van der Waals surface area contributed by atoms with Gasteiger partial charge in [0.05, 0.1) is 47.6 Å². The molecule has 0 saturated carbocycles. The van der Waals surface area contributed by atoms with E-state index in [4.69, 9.17) is 32.5 Å². The Hall–Kier alpha value is -1.30. The largest absolute Gasteiger partial charge is 0.459 e. The molecule has 0 radical (unpaired) electrons. The molecule has 14 heteroatoms. The number of hydrogen-bond donors (Lipinski definition) is 5. The highest BCUT2D eigenvalue weighted by Gasteiger charge is 2.53. The molecule has 0 aromatic rings. The van der Waals surface area contributed by atoms with Crippen molar-refractivity contribution >= 4 is 11.8 Å². The highest BCUT2D eigenvalue weighted by molar-refractivity contribution is 5.83. The molecule has 0 aromatic carbocycles. The van der Waals surface area contributed by atoms with Crippen LogP contribution in [0.2, 0.25) is 0 Å². The Bertz CT molecular complexity index is 1270. The number of carbonyl (C=O) groups is 2. The fourth-order valence-corrected chi connectivity index (χ4v) is 8.28. The predicted molar refractivity (Wildman–Crippen MR) is 186 cm³/mol. The summed E-state index contributed by atoms with van der Waals surface area (Å²) < 4.78 is 60.7. The second kappa shape index (κ2) is 17.0. The average Bonchev–Trinajstić information content (AvgIpc) is 3.08. The van der Waals surface area contributed by atoms with E-state index in [0.29, 0.717) is 0 Å². The first kappa shape index (κ1) is 39.4. The third kappa shape index (κ3) is 9.51. The van der Waals surface area contributed by atoms with Crippen molar-refractivity contribution in [1.29, 1.82) is 0 Å². The van der Waals surface area contributed by atoms with Crippen LogP contribution in [0.25, 0.3) is 0 Å². The standard InChI is InChI=1S/C37H67NO13/c1-14-25-37(10,45)30(41)20(4)27(39)18(2)16-35(8,44)32(51-34-28(40)24(38(11)12)15-19(3)47-34)21(5)29(22(6)33(43)49-25)50-26-17-36(9,46-13)31(42)23(7)48-26/h18-26,28-32,34,40-42,44-45H,14-17H2,1-13H3/t18-,19-,20+,21+,22-,23+,24+,25-,26+,28-,29+,30-,31+,32-,34+,35-,36-,37-/m1/s1/i11D3. The van der Waals surface area contributed by atoms with Crippen LogP contribution in [0.1, 0.15) is 99.0 Å². The van der Waals surface area contributed by atoms with Crippen LogP contribution < -0.4 is 0 Å². The number of cyclic esters (lactones) is 1. The van der Waals surface area contributed by atoms with E-state index in [9.17, 15) is 35.1 Å². The van der Waals surface area contributed by atoms with E-state index in [2.05, 4.69) is 0 Å². The summed E-state index contributed by atoms with van der Waals surface area (Å²) in [6.45, 7) is 13.2. The zero-order chi connectivity index (χ0) is 41.5. The lowest BCUT2D eigenvalue weighted by atomic mass is 9.74. The van der Waals surface area contributed by atoms with Crippen molar-refractivity contribution in [3.63, 3.8) is 0 Å². The number of ether oxygens (including phenoxy) is 6. The van der Waals surface area contributed by atoms with Crippen molar-refractivity contribution in [1.82, 2.24) is 4.90 Å². The fourth-order valence-electron chi connectivity index (χ4n) is 8.28. The van der Waals surface area contributed by atoms with Gasteiger partial charge in [-0.1, -0.05) is 27.7 Å². The summed E-state index contributed by atoms with van der Waals surface area (Å²) in [6.07, 6.45) is -11.7. The Balaban J connectivity index is 2.20. The van der Waals surface area contributed by atoms with Crippen molar-refractivity contribution in [2.75, 3.05) is 21.1 Å². The smallest absolute Gasteiger partial charge is 0.311 e. The average molecular weight is 737 g/mol. The minimum atomic E-state index is -2.55. The van der Waals surface area contributed by atoms with Crippen LogP contribution >= 0.6 is 0 Å². The predicted octanol–water partition coefficient (Wildman–Crippen LogP) is 1.79. The molecule has 3 fully saturated rings. The molecule has 14 nitrogen and oxygen atoms in total. The van der Waals surface area contributed by atoms with Gasteiger partial charge in [0.1, 0.15) is 29.7 Å². The number of rotatable bonds is 7. The Kier molecular flexibility index (Phi) is 13.1. The van der Waals surface area contributed by atoms with Gasteiger partial charge in [-0.3, -0.25) is 9.59 Å². The lowest BCUT2D eigenvalue weighted by Gasteiger charge is -2.49. The van der Waals surface area contributed by atoms with E-state index < -0.39 is 127 Å². The van der Waals surface area contributed by atoms with Crippen molar-refractivity contribution in [2.45, 2.75) is 179 Å². The van der Waals surface area contributed by atoms with Crippen molar-refractivity contribution in [3.8, 4) is 0 Å². The lowest BCUT2D eigenvalue weighted by molar-refractivity contribution is -0.318. The molecule has 0 aromatic heterocycles. The Morgan fingerprint density at radius 2 is 1.57 bits per heavy atom. The zero-order valence-electron chi connectivity index (χ0n) is 35.4. The van der Waals surface area contributed by atoms with E-state index >= 15 is 0 Å². The molecule has 0 unspecified atom stereocenters. The van der Waals surface area contributed by atoms with Gasteiger partial charge < -0.3 is 58.9 Å². The number of ketones is 1. The Labute approximate surface area is 308 Å². The van der Waals surface area contributed by atoms with Gasteiger partial charge in [-0.25, -0.2) is 0 Å². The van der Waals surface area contributed by atoms with E-state index in [1.165, 1.54) is 34.9 Å². The SMILES string of the molecule is [2H]C([2H])([2H])N(C)[C@H]1C[C@@H](C)O[C@@H](O[C@@H]2[C@@H](C)[C@H](O[C@H]3C[C@@](C)(OC)[C@@H](O)[C@H](C)O3)[C@@H](C)C(=O)O[C@H](CC)[C@@](C)(O)[C@H](O)[C@@H](C)C(=O)[C@H](C)C[C@@]2(C)O)[C@@H]1O. The summed E-state index contributed by atoms with van der Waals surface area (Å²) in [5, 5.41) is 57.8. The Morgan fingerprint density at radius 3 is 2.14 bits per heavy atom. The Morgan fingerprint density at radius 1 is 0.941 bits per heavy atom. The first-order valence-electron chi connectivity index (χ1n) is 19.8. The van der Waals surface area contributed by atoms with Crippen LogP contribution in [0.15, 0.2) is 0 Å². The third-order valence-electron chi connectivity index (χ3n) is 11.7. The van der Waals surface area contributed by atoms with E-state index in [0.717, 1.165) is 4.90 Å². The van der Waals surface area contributed by atoms with Gasteiger partial charge in [-0.05, 0) is 74.8 Å². The number of aliphatic hydroxyl groups excluding tert-OH is 3. The molecule has 298 valence electrons. The summed E-state index contributed by atoms with van der Waals surface area (Å²) in [5.74, 6) is -5.45. The number of hydrogen-bond acceptors (Lipinski definition) is 14. The minimum Gasteiger partial charge on any atom is -0.459 e. The molecule has 5 N–H and O–H groups in total. The maximum Gasteiger partial charge on any atom is 0.311 e. The first-order valence-corrected chi connectivity index (χ1v) is 18.3. The van der Waals surface area contributed by atoms with Gasteiger partial charge in [-0.15, -0.1) is 0 Å². The number of esters is 1. The summed E-state index contributed by atoms with van der Waals surface area (Å²) in [6, 6.07) is -0.928. The van der Waals surface area contributed by atoms with Crippen LogP contribution in [0.5, 0.6) is 0 Å². The normalized spacial score (nSPS) is 50.9. The monoisotopic (exact) mass is 736 g/mol. The fraction of sp³-hybridized carbons (Fsp3) is 0.946. The summed E-state index contributed by atoms with van der Waals surface area (Å²) in [5.41, 5.74) is -5.07. The highest BCUT2D eigenvalue weighted by atomic mass is 16.7. The zero-order valence-corrected chi connectivity index (χ0v) is 32.4. The van der Waals surface area contributed by atoms with Gasteiger partial charge in [0.15, 0.2) is 12.6 Å². The van der Waals surface area contributed by atoms with Crippen molar-refractivity contribution < 1.29 is 67.7 Å². The van der Waals surface area contributed by atoms with E-state index in [1.54, 1.807) is 48.5 Å². The number of likely N-dealkylation sites (N-methyl/N-ethyl adjacent to an activating group) is 1. The maximum atomic E-state index is 14.1. The van der Waals surface area contributed by atoms with Crippen LogP contribution in [-0.4, -0.2) is 148 Å². The summed E-state index contributed by atoms with van der Waals surface area (Å²) >= 11 is 0. The molecule has 0 aliphatic carbocycles. The van der Waals surface area contributed by atoms with Crippen molar-refractivity contribution in [2.24, 2.45) is 23.7 Å². The molecular formula is C37H67NO13. The van der Waals surface area contributed by atoms with E-state index in [-0.39, 0.29) is 25.7 Å². The second-order valence-electron chi connectivity index (χ2n) is 16.1. The number of carbonyl (C=O) groups excluding carboxylic acids is 2. The molecule has 3 rings (SSSR count). The molecule has 51 heavy (non-hydrogen) atoms. The lowest BCUT2D eigenvalue weighted by Crippen LogP contribution is -2.61. The molecule has 0 amide bonds. The number of Topliss-reactive ketones (excluding diaryl/α,β-unsaturated/α-hetero) is 1. The van der Waals surface area contributed by atoms with E-state index in [1.807, 2.05) is 0 Å². The molecular weight excluding hydrogens is 666 g/mol. The third-order valence-corrected chi connectivity index (χ3v) is 11.7. The van der Waals surface area contributed by atoms with Gasteiger partial charge in [0.25, 0.3) is 0 Å². The van der Waals surface area contributed by atoms with Gasteiger partial charge in [0, 0.05) is 41.4 Å². The highest BCUT2D eigenvalue weighted by Crippen LogP contribution is 2.40. The summed E-state index contributed by atoms with van der Waals surface area (Å²) in [7, 11) is 2.82. The summed E-state index contributed by atoms with van der Waals surface area (Å²) in [4.78, 5) is 29.0. The van der Waals surface area contributed by atoms with Gasteiger partial charge >= 0.3 is 5.97 Å². The van der Waals surface area contributed by atoms with Gasteiger partial charge in [0.2, 0.25) is 0 Å². The van der Waals surface area contributed by atoms with Crippen LogP contribution in [0, 0.1) is 23.7 Å². The van der Waals surface area contributed by atoms with Crippen molar-refractivity contribution in [3.05, 3.63) is 0 Å². The number of methoxy groups -OCH3 is 1. The quantitative estimate of drug-likeness (QED) is 0.238. The van der Waals surface area contributed by atoms with Crippen LogP contribution in [0.4, 0.5) is 0 Å².